The molecule has 0 spiro atoms. The minimum Gasteiger partial charge on any atom is -0.390 e. The summed E-state index contributed by atoms with van der Waals surface area (Å²) in [5.41, 5.74) is 0. The van der Waals surface area contributed by atoms with E-state index in [-0.39, 0.29) is 0 Å². The molecule has 2 nitrogen and oxygen atoms in total. The first-order chi connectivity index (χ1) is 4.79. The van der Waals surface area contributed by atoms with Crippen LogP contribution in [0, 0.1) is 5.92 Å². The van der Waals surface area contributed by atoms with Crippen LogP contribution in [0.1, 0.15) is 12.8 Å². The second-order valence-electron chi connectivity index (χ2n) is 2.28. The Morgan fingerprint density at radius 3 is 2.80 bits per heavy atom. The monoisotopic (exact) mass is 149 g/mol. The summed E-state index contributed by atoms with van der Waals surface area (Å²) in [6, 6.07) is 0. The van der Waals surface area contributed by atoms with Crippen LogP contribution in [0.5, 0.6) is 0 Å². The molecule has 0 amide bonds. The highest BCUT2D eigenvalue weighted by Crippen LogP contribution is 2.26. The summed E-state index contributed by atoms with van der Waals surface area (Å²) >= 11 is 0. The highest BCUT2D eigenvalue weighted by atomic mass is 19.3. The molecule has 0 aliphatic heterocycles. The van der Waals surface area contributed by atoms with Gasteiger partial charge in [0, 0.05) is 6.21 Å². The van der Waals surface area contributed by atoms with Crippen LogP contribution >= 0.6 is 0 Å². The predicted octanol–water partition coefficient (Wildman–Crippen LogP) is 1.66. The molecule has 0 N–H and O–H groups in total. The van der Waals surface area contributed by atoms with Crippen molar-refractivity contribution in [1.82, 2.24) is 0 Å². The highest BCUT2D eigenvalue weighted by molar-refractivity contribution is 5.62. The summed E-state index contributed by atoms with van der Waals surface area (Å²) in [4.78, 5) is 4.27. The largest absolute Gasteiger partial charge is 0.390 e. The third kappa shape index (κ3) is 3.37. The third-order valence-electron chi connectivity index (χ3n) is 1.17. The van der Waals surface area contributed by atoms with Gasteiger partial charge in [0.1, 0.15) is 0 Å². The summed E-state index contributed by atoms with van der Waals surface area (Å²) in [6.45, 7) is -0.594. The van der Waals surface area contributed by atoms with Gasteiger partial charge in [-0.25, -0.2) is 8.78 Å². The first kappa shape index (κ1) is 7.44. The van der Waals surface area contributed by atoms with Gasteiger partial charge in [0.25, 0.3) is 6.43 Å². The number of hydrogen-bond donors (Lipinski definition) is 0. The Kier molecular flexibility index (Phi) is 2.59. The number of oxime groups is 1. The van der Waals surface area contributed by atoms with Crippen LogP contribution in [0.2, 0.25) is 0 Å². The number of nitrogens with zero attached hydrogens (tertiary/aromatic N) is 1. The van der Waals surface area contributed by atoms with Gasteiger partial charge in [0.15, 0.2) is 6.61 Å². The lowest BCUT2D eigenvalue weighted by Gasteiger charge is -1.94. The van der Waals surface area contributed by atoms with E-state index >= 15 is 0 Å². The standard InChI is InChI=1S/C6H9F2NO/c7-6(8)4-10-9-3-5-1-2-5/h3,5-6H,1-2,4H2/b9-3+. The molecule has 0 bridgehead atoms. The van der Waals surface area contributed by atoms with Gasteiger partial charge in [-0.15, -0.1) is 0 Å². The molecule has 0 aromatic rings. The van der Waals surface area contributed by atoms with Crippen molar-refractivity contribution in [3.05, 3.63) is 0 Å². The molecule has 0 unspecified atom stereocenters. The van der Waals surface area contributed by atoms with Gasteiger partial charge in [-0.3, -0.25) is 0 Å². The molecule has 0 atom stereocenters. The second kappa shape index (κ2) is 3.49. The number of halogens is 2. The third-order valence-corrected chi connectivity index (χ3v) is 1.17. The molecule has 0 aromatic heterocycles. The Labute approximate surface area is 57.9 Å². The van der Waals surface area contributed by atoms with Gasteiger partial charge in [-0.2, -0.15) is 0 Å². The van der Waals surface area contributed by atoms with E-state index in [9.17, 15) is 8.78 Å². The molecule has 1 saturated carbocycles. The van der Waals surface area contributed by atoms with Crippen LogP contribution in [0.4, 0.5) is 8.78 Å². The molecular weight excluding hydrogens is 140 g/mol. The number of rotatable bonds is 4. The molecule has 0 radical (unpaired) electrons. The van der Waals surface area contributed by atoms with Crippen LogP contribution in [-0.2, 0) is 4.84 Å². The summed E-state index contributed by atoms with van der Waals surface area (Å²) in [7, 11) is 0. The van der Waals surface area contributed by atoms with E-state index in [2.05, 4.69) is 9.99 Å². The summed E-state index contributed by atoms with van der Waals surface area (Å²) in [5.74, 6) is 0.484. The van der Waals surface area contributed by atoms with Crippen LogP contribution in [-0.4, -0.2) is 19.2 Å². The van der Waals surface area contributed by atoms with Crippen molar-refractivity contribution in [3.63, 3.8) is 0 Å². The maximum atomic E-state index is 11.4. The van der Waals surface area contributed by atoms with Gasteiger partial charge in [-0.1, -0.05) is 5.16 Å². The van der Waals surface area contributed by atoms with E-state index in [1.165, 1.54) is 0 Å². The number of hydrogen-bond acceptors (Lipinski definition) is 2. The van der Waals surface area contributed by atoms with E-state index in [1.54, 1.807) is 6.21 Å². The summed E-state index contributed by atoms with van der Waals surface area (Å²) in [6.07, 6.45) is 1.39. The minimum absolute atomic E-state index is 0.484. The zero-order chi connectivity index (χ0) is 7.40. The van der Waals surface area contributed by atoms with Gasteiger partial charge < -0.3 is 4.84 Å². The van der Waals surface area contributed by atoms with Crippen molar-refractivity contribution in [3.8, 4) is 0 Å². The van der Waals surface area contributed by atoms with E-state index < -0.39 is 13.0 Å². The summed E-state index contributed by atoms with van der Waals surface area (Å²) in [5, 5.41) is 3.37. The first-order valence-corrected chi connectivity index (χ1v) is 3.22. The van der Waals surface area contributed by atoms with Gasteiger partial charge in [-0.05, 0) is 18.8 Å². The van der Waals surface area contributed by atoms with Gasteiger partial charge in [0.2, 0.25) is 0 Å². The molecule has 0 saturated heterocycles. The molecule has 4 heteroatoms. The maximum Gasteiger partial charge on any atom is 0.274 e. The lowest BCUT2D eigenvalue weighted by Crippen LogP contribution is -1.99. The fourth-order valence-corrected chi connectivity index (χ4v) is 0.474. The molecular formula is C6H9F2NO. The SMILES string of the molecule is FC(F)CO/N=C/C1CC1. The Balaban J connectivity index is 1.93. The van der Waals surface area contributed by atoms with Crippen LogP contribution in [0.25, 0.3) is 0 Å². The zero-order valence-corrected chi connectivity index (χ0v) is 5.46. The molecule has 1 fully saturated rings. The molecule has 0 heterocycles. The lowest BCUT2D eigenvalue weighted by atomic mass is 10.5. The van der Waals surface area contributed by atoms with Crippen LogP contribution < -0.4 is 0 Å². The Morgan fingerprint density at radius 2 is 2.30 bits per heavy atom. The molecule has 1 aliphatic rings. The molecule has 58 valence electrons. The quantitative estimate of drug-likeness (QED) is 0.440. The Bertz CT molecular complexity index is 123. The van der Waals surface area contributed by atoms with Crippen molar-refractivity contribution in [2.45, 2.75) is 19.3 Å². The average Bonchev–Trinajstić information content (AvgIpc) is 2.62. The molecule has 1 aliphatic carbocycles. The highest BCUT2D eigenvalue weighted by Gasteiger charge is 2.18. The van der Waals surface area contributed by atoms with Crippen LogP contribution in [0.15, 0.2) is 5.16 Å². The summed E-state index contributed by atoms with van der Waals surface area (Å²) < 4.78 is 22.8. The van der Waals surface area contributed by atoms with E-state index in [4.69, 9.17) is 0 Å². The van der Waals surface area contributed by atoms with Crippen molar-refractivity contribution in [2.24, 2.45) is 11.1 Å². The molecule has 0 aromatic carbocycles. The fraction of sp³-hybridized carbons (Fsp3) is 0.833. The smallest absolute Gasteiger partial charge is 0.274 e. The topological polar surface area (TPSA) is 21.6 Å². The second-order valence-corrected chi connectivity index (χ2v) is 2.28. The van der Waals surface area contributed by atoms with E-state index in [0.29, 0.717) is 5.92 Å². The Morgan fingerprint density at radius 1 is 1.60 bits per heavy atom. The van der Waals surface area contributed by atoms with Gasteiger partial charge >= 0.3 is 0 Å². The van der Waals surface area contributed by atoms with E-state index in [0.717, 1.165) is 12.8 Å². The number of alkyl halides is 2. The molecule has 1 rings (SSSR count). The van der Waals surface area contributed by atoms with Crippen LogP contribution in [0.3, 0.4) is 0 Å². The lowest BCUT2D eigenvalue weighted by molar-refractivity contribution is 0.0206. The van der Waals surface area contributed by atoms with Crippen molar-refractivity contribution < 1.29 is 13.6 Å². The maximum absolute atomic E-state index is 11.4. The van der Waals surface area contributed by atoms with E-state index in [1.807, 2.05) is 0 Å². The average molecular weight is 149 g/mol. The fourth-order valence-electron chi connectivity index (χ4n) is 0.474. The molecule has 10 heavy (non-hydrogen) atoms. The van der Waals surface area contributed by atoms with Crippen molar-refractivity contribution in [1.29, 1.82) is 0 Å². The minimum atomic E-state index is -2.42. The van der Waals surface area contributed by atoms with Crippen molar-refractivity contribution in [2.75, 3.05) is 6.61 Å². The van der Waals surface area contributed by atoms with Crippen molar-refractivity contribution >= 4 is 6.21 Å². The predicted molar refractivity (Wildman–Crippen MR) is 33.2 cm³/mol. The zero-order valence-electron chi connectivity index (χ0n) is 5.46. The first-order valence-electron chi connectivity index (χ1n) is 3.22. The normalized spacial score (nSPS) is 18.7. The Hall–Kier alpha value is -0.670. The van der Waals surface area contributed by atoms with Gasteiger partial charge in [0.05, 0.1) is 0 Å².